The predicted octanol–water partition coefficient (Wildman–Crippen LogP) is 1.15. The van der Waals surface area contributed by atoms with Gasteiger partial charge in [0.15, 0.2) is 11.5 Å². The van der Waals surface area contributed by atoms with Crippen molar-refractivity contribution in [3.8, 4) is 11.5 Å². The molecule has 1 aliphatic heterocycles. The highest BCUT2D eigenvalue weighted by atomic mass is 16.7. The molecule has 6 nitrogen and oxygen atoms in total. The number of carbonyl (C=O) groups is 1. The number of amides is 1. The largest absolute Gasteiger partial charge is 0.454 e. The molecule has 2 rings (SSSR count). The van der Waals surface area contributed by atoms with Gasteiger partial charge in [-0.05, 0) is 19.9 Å². The lowest BCUT2D eigenvalue weighted by Crippen LogP contribution is -2.46. The van der Waals surface area contributed by atoms with Crippen molar-refractivity contribution in [3.63, 3.8) is 0 Å². The van der Waals surface area contributed by atoms with Crippen LogP contribution in [-0.2, 0) is 4.74 Å². The van der Waals surface area contributed by atoms with Crippen LogP contribution >= 0.6 is 0 Å². The maximum atomic E-state index is 12.2. The van der Waals surface area contributed by atoms with E-state index < -0.39 is 5.54 Å². The van der Waals surface area contributed by atoms with E-state index in [9.17, 15) is 4.79 Å². The highest BCUT2D eigenvalue weighted by Gasteiger charge is 2.24. The van der Waals surface area contributed by atoms with E-state index in [4.69, 9.17) is 19.9 Å². The van der Waals surface area contributed by atoms with Gasteiger partial charge in [0.25, 0.3) is 5.91 Å². The highest BCUT2D eigenvalue weighted by Crippen LogP contribution is 2.35. The number of nitrogen functional groups attached to an aromatic ring is 1. The Morgan fingerprint density at radius 3 is 2.68 bits per heavy atom. The molecule has 6 heteroatoms. The van der Waals surface area contributed by atoms with E-state index in [0.29, 0.717) is 29.4 Å². The van der Waals surface area contributed by atoms with E-state index in [1.165, 1.54) is 0 Å². The van der Waals surface area contributed by atoms with E-state index in [-0.39, 0.29) is 12.7 Å². The number of fused-ring (bicyclic) bond motifs is 1. The smallest absolute Gasteiger partial charge is 0.254 e. The molecular weight excluding hydrogens is 248 g/mol. The van der Waals surface area contributed by atoms with Crippen LogP contribution in [0.5, 0.6) is 11.5 Å². The summed E-state index contributed by atoms with van der Waals surface area (Å²) in [7, 11) is 1.59. The lowest BCUT2D eigenvalue weighted by atomic mass is 10.1. The minimum Gasteiger partial charge on any atom is -0.454 e. The standard InChI is InChI=1S/C13H18N2O4/c1-13(2,6-17-3)15-12(16)8-4-10-11(5-9(8)14)19-7-18-10/h4-5H,6-7,14H2,1-3H3,(H,15,16). The molecule has 1 aromatic rings. The van der Waals surface area contributed by atoms with Crippen LogP contribution in [0.2, 0.25) is 0 Å². The van der Waals surface area contributed by atoms with Crippen LogP contribution in [0.4, 0.5) is 5.69 Å². The van der Waals surface area contributed by atoms with E-state index in [1.54, 1.807) is 19.2 Å². The Bertz CT molecular complexity index is 500. The zero-order chi connectivity index (χ0) is 14.0. The number of anilines is 1. The van der Waals surface area contributed by atoms with Gasteiger partial charge in [-0.15, -0.1) is 0 Å². The van der Waals surface area contributed by atoms with E-state index >= 15 is 0 Å². The lowest BCUT2D eigenvalue weighted by Gasteiger charge is -2.25. The fourth-order valence-corrected chi connectivity index (χ4v) is 1.93. The van der Waals surface area contributed by atoms with Crippen LogP contribution in [0, 0.1) is 0 Å². The highest BCUT2D eigenvalue weighted by molar-refractivity contribution is 6.00. The number of methoxy groups -OCH3 is 1. The second-order valence-corrected chi connectivity index (χ2v) is 5.06. The monoisotopic (exact) mass is 266 g/mol. The third kappa shape index (κ3) is 2.90. The van der Waals surface area contributed by atoms with Crippen molar-refractivity contribution in [3.05, 3.63) is 17.7 Å². The summed E-state index contributed by atoms with van der Waals surface area (Å²) in [6, 6.07) is 3.19. The number of hydrogen-bond acceptors (Lipinski definition) is 5. The van der Waals surface area contributed by atoms with Crippen LogP contribution < -0.4 is 20.5 Å². The van der Waals surface area contributed by atoms with Crippen LogP contribution in [0.1, 0.15) is 24.2 Å². The Balaban J connectivity index is 2.20. The molecule has 1 aromatic carbocycles. The minimum absolute atomic E-state index is 0.148. The van der Waals surface area contributed by atoms with Gasteiger partial charge in [0, 0.05) is 18.9 Å². The third-order valence-corrected chi connectivity index (χ3v) is 2.75. The third-order valence-electron chi connectivity index (χ3n) is 2.75. The molecule has 0 atom stereocenters. The average Bonchev–Trinajstić information content (AvgIpc) is 2.73. The lowest BCUT2D eigenvalue weighted by molar-refractivity contribution is 0.0820. The molecule has 0 saturated heterocycles. The molecule has 0 bridgehead atoms. The van der Waals surface area contributed by atoms with Crippen molar-refractivity contribution in [2.45, 2.75) is 19.4 Å². The normalized spacial score (nSPS) is 13.4. The van der Waals surface area contributed by atoms with Crippen LogP contribution in [0.3, 0.4) is 0 Å². The van der Waals surface area contributed by atoms with Gasteiger partial charge in [-0.1, -0.05) is 0 Å². The van der Waals surface area contributed by atoms with Gasteiger partial charge in [-0.2, -0.15) is 0 Å². The van der Waals surface area contributed by atoms with Gasteiger partial charge in [-0.3, -0.25) is 4.79 Å². The Hall–Kier alpha value is -1.95. The summed E-state index contributed by atoms with van der Waals surface area (Å²) >= 11 is 0. The predicted molar refractivity (Wildman–Crippen MR) is 70.4 cm³/mol. The fourth-order valence-electron chi connectivity index (χ4n) is 1.93. The van der Waals surface area contributed by atoms with Crippen molar-refractivity contribution in [2.75, 3.05) is 26.2 Å². The van der Waals surface area contributed by atoms with Crippen molar-refractivity contribution in [1.82, 2.24) is 5.32 Å². The number of ether oxygens (including phenoxy) is 3. The molecule has 0 unspecified atom stereocenters. The number of rotatable bonds is 4. The number of nitrogens with one attached hydrogen (secondary N) is 1. The minimum atomic E-state index is -0.478. The Morgan fingerprint density at radius 1 is 1.42 bits per heavy atom. The maximum absolute atomic E-state index is 12.2. The second-order valence-electron chi connectivity index (χ2n) is 5.06. The van der Waals surface area contributed by atoms with Gasteiger partial charge >= 0.3 is 0 Å². The summed E-state index contributed by atoms with van der Waals surface area (Å²) in [5.41, 5.74) is 6.11. The topological polar surface area (TPSA) is 82.8 Å². The molecule has 104 valence electrons. The first-order valence-electron chi connectivity index (χ1n) is 5.93. The Labute approximate surface area is 111 Å². The maximum Gasteiger partial charge on any atom is 0.254 e. The summed E-state index contributed by atoms with van der Waals surface area (Å²) in [4.78, 5) is 12.2. The van der Waals surface area contributed by atoms with Crippen molar-refractivity contribution in [2.24, 2.45) is 0 Å². The van der Waals surface area contributed by atoms with E-state index in [2.05, 4.69) is 5.32 Å². The number of carbonyl (C=O) groups excluding carboxylic acids is 1. The molecule has 0 spiro atoms. The Kier molecular flexibility index (Phi) is 3.53. The first-order chi connectivity index (χ1) is 8.93. The summed E-state index contributed by atoms with van der Waals surface area (Å²) in [6.07, 6.45) is 0. The average molecular weight is 266 g/mol. The van der Waals surface area contributed by atoms with Gasteiger partial charge in [0.05, 0.1) is 17.7 Å². The molecule has 0 aromatic heterocycles. The fraction of sp³-hybridized carbons (Fsp3) is 0.462. The zero-order valence-corrected chi connectivity index (χ0v) is 11.3. The van der Waals surface area contributed by atoms with E-state index in [1.807, 2.05) is 13.8 Å². The van der Waals surface area contributed by atoms with Gasteiger partial charge in [0.2, 0.25) is 6.79 Å². The molecule has 1 aliphatic rings. The molecule has 0 aliphatic carbocycles. The van der Waals surface area contributed by atoms with Gasteiger partial charge in [-0.25, -0.2) is 0 Å². The summed E-state index contributed by atoms with van der Waals surface area (Å²) in [6.45, 7) is 4.30. The first kappa shape index (κ1) is 13.5. The number of benzene rings is 1. The SMILES string of the molecule is COCC(C)(C)NC(=O)c1cc2c(cc1N)OCO2. The molecular formula is C13H18N2O4. The van der Waals surface area contributed by atoms with Crippen LogP contribution in [0.25, 0.3) is 0 Å². The molecule has 1 heterocycles. The molecule has 19 heavy (non-hydrogen) atoms. The number of hydrogen-bond donors (Lipinski definition) is 2. The summed E-state index contributed by atoms with van der Waals surface area (Å²) < 4.78 is 15.5. The van der Waals surface area contributed by atoms with Crippen molar-refractivity contribution >= 4 is 11.6 Å². The van der Waals surface area contributed by atoms with Crippen molar-refractivity contribution in [1.29, 1.82) is 0 Å². The number of nitrogens with two attached hydrogens (primary N) is 1. The quantitative estimate of drug-likeness (QED) is 0.799. The van der Waals surface area contributed by atoms with Crippen LogP contribution in [-0.4, -0.2) is 32.0 Å². The molecule has 0 radical (unpaired) electrons. The summed E-state index contributed by atoms with van der Waals surface area (Å²) in [5.74, 6) is 0.826. The zero-order valence-electron chi connectivity index (χ0n) is 11.3. The second kappa shape index (κ2) is 4.97. The molecule has 3 N–H and O–H groups in total. The van der Waals surface area contributed by atoms with Gasteiger partial charge < -0.3 is 25.3 Å². The summed E-state index contributed by atoms with van der Waals surface area (Å²) in [5, 5.41) is 2.87. The first-order valence-corrected chi connectivity index (χ1v) is 5.93. The van der Waals surface area contributed by atoms with Crippen molar-refractivity contribution < 1.29 is 19.0 Å². The Morgan fingerprint density at radius 2 is 2.05 bits per heavy atom. The van der Waals surface area contributed by atoms with Gasteiger partial charge in [0.1, 0.15) is 0 Å². The van der Waals surface area contributed by atoms with E-state index in [0.717, 1.165) is 0 Å². The molecule has 1 amide bonds. The molecule has 0 fully saturated rings. The van der Waals surface area contributed by atoms with Crippen LogP contribution in [0.15, 0.2) is 12.1 Å². The molecule has 0 saturated carbocycles.